The van der Waals surface area contributed by atoms with Gasteiger partial charge in [-0.2, -0.15) is 0 Å². The lowest BCUT2D eigenvalue weighted by Crippen LogP contribution is -2.44. The highest BCUT2D eigenvalue weighted by atomic mass is 15.2. The molecule has 0 aliphatic carbocycles. The molecule has 1 aromatic rings. The maximum absolute atomic E-state index is 3.76. The molecule has 0 unspecified atom stereocenters. The fraction of sp³-hybridized carbons (Fsp3) is 0.500. The lowest BCUT2D eigenvalue weighted by molar-refractivity contribution is 0.313. The molecule has 1 heterocycles. The predicted molar refractivity (Wildman–Crippen MR) is 87.4 cm³/mol. The average molecular weight is 274 g/mol. The number of anilines is 2. The Morgan fingerprint density at radius 1 is 1.25 bits per heavy atom. The fourth-order valence-corrected chi connectivity index (χ4v) is 2.56. The van der Waals surface area contributed by atoms with Gasteiger partial charge in [-0.05, 0) is 51.1 Å². The van der Waals surface area contributed by atoms with Gasteiger partial charge in [0.1, 0.15) is 0 Å². The molecule has 0 aromatic heterocycles. The molecular weight excluding hydrogens is 248 g/mol. The van der Waals surface area contributed by atoms with E-state index in [0.29, 0.717) is 0 Å². The SMILES string of the molecule is C=CNc1ccc(N2CCN(C)CC2)cc1CN(C)C. The van der Waals surface area contributed by atoms with Crippen LogP contribution in [0.5, 0.6) is 0 Å². The first-order valence-corrected chi connectivity index (χ1v) is 7.18. The summed E-state index contributed by atoms with van der Waals surface area (Å²) in [7, 11) is 6.38. The summed E-state index contributed by atoms with van der Waals surface area (Å²) in [5, 5.41) is 3.23. The number of hydrogen-bond acceptors (Lipinski definition) is 4. The van der Waals surface area contributed by atoms with Crippen LogP contribution in [-0.2, 0) is 6.54 Å². The first-order chi connectivity index (χ1) is 9.60. The Balaban J connectivity index is 2.19. The third kappa shape index (κ3) is 3.74. The molecule has 4 nitrogen and oxygen atoms in total. The minimum Gasteiger partial charge on any atom is -0.369 e. The van der Waals surface area contributed by atoms with Crippen LogP contribution >= 0.6 is 0 Å². The van der Waals surface area contributed by atoms with Gasteiger partial charge >= 0.3 is 0 Å². The molecule has 0 bridgehead atoms. The van der Waals surface area contributed by atoms with Crippen LogP contribution in [0.1, 0.15) is 5.56 Å². The van der Waals surface area contributed by atoms with Crippen LogP contribution in [0.4, 0.5) is 11.4 Å². The smallest absolute Gasteiger partial charge is 0.0426 e. The van der Waals surface area contributed by atoms with E-state index in [9.17, 15) is 0 Å². The van der Waals surface area contributed by atoms with Gasteiger partial charge < -0.3 is 20.0 Å². The van der Waals surface area contributed by atoms with Crippen LogP contribution in [-0.4, -0.2) is 57.1 Å². The van der Waals surface area contributed by atoms with Crippen LogP contribution in [0.25, 0.3) is 0 Å². The minimum absolute atomic E-state index is 0.928. The summed E-state index contributed by atoms with van der Waals surface area (Å²) in [5.41, 5.74) is 3.78. The molecule has 0 spiro atoms. The average Bonchev–Trinajstić information content (AvgIpc) is 2.41. The van der Waals surface area contributed by atoms with Crippen molar-refractivity contribution in [3.63, 3.8) is 0 Å². The molecule has 20 heavy (non-hydrogen) atoms. The Bertz CT molecular complexity index is 448. The van der Waals surface area contributed by atoms with E-state index in [4.69, 9.17) is 0 Å². The van der Waals surface area contributed by atoms with Gasteiger partial charge in [-0.25, -0.2) is 0 Å². The lowest BCUT2D eigenvalue weighted by atomic mass is 10.1. The second kappa shape index (κ2) is 6.77. The van der Waals surface area contributed by atoms with E-state index in [2.05, 4.69) is 65.9 Å². The molecule has 1 aliphatic heterocycles. The molecule has 4 heteroatoms. The van der Waals surface area contributed by atoms with Crippen LogP contribution < -0.4 is 10.2 Å². The predicted octanol–water partition coefficient (Wildman–Crippen LogP) is 2.06. The van der Waals surface area contributed by atoms with Gasteiger partial charge in [-0.1, -0.05) is 6.58 Å². The zero-order valence-corrected chi connectivity index (χ0v) is 12.9. The second-order valence-electron chi connectivity index (χ2n) is 5.72. The monoisotopic (exact) mass is 274 g/mol. The van der Waals surface area contributed by atoms with Gasteiger partial charge in [0.05, 0.1) is 0 Å². The summed E-state index contributed by atoms with van der Waals surface area (Å²) < 4.78 is 0. The summed E-state index contributed by atoms with van der Waals surface area (Å²) in [6.07, 6.45) is 1.74. The highest BCUT2D eigenvalue weighted by Gasteiger charge is 2.15. The van der Waals surface area contributed by atoms with Gasteiger partial charge in [0.2, 0.25) is 0 Å². The Morgan fingerprint density at radius 2 is 1.95 bits per heavy atom. The Kier molecular flexibility index (Phi) is 5.04. The maximum Gasteiger partial charge on any atom is 0.0426 e. The number of nitrogens with zero attached hydrogens (tertiary/aromatic N) is 3. The second-order valence-corrected chi connectivity index (χ2v) is 5.72. The Hall–Kier alpha value is -1.52. The molecule has 0 atom stereocenters. The van der Waals surface area contributed by atoms with Crippen molar-refractivity contribution < 1.29 is 0 Å². The third-order valence-electron chi connectivity index (χ3n) is 3.70. The molecular formula is C16H26N4. The van der Waals surface area contributed by atoms with Gasteiger partial charge in [0, 0.05) is 44.1 Å². The minimum atomic E-state index is 0.928. The molecule has 0 saturated carbocycles. The molecule has 110 valence electrons. The fourth-order valence-electron chi connectivity index (χ4n) is 2.56. The first-order valence-electron chi connectivity index (χ1n) is 7.18. The van der Waals surface area contributed by atoms with Gasteiger partial charge in [-0.15, -0.1) is 0 Å². The topological polar surface area (TPSA) is 21.8 Å². The van der Waals surface area contributed by atoms with Crippen molar-refractivity contribution in [2.24, 2.45) is 0 Å². The number of piperazine rings is 1. The highest BCUT2D eigenvalue weighted by Crippen LogP contribution is 2.25. The van der Waals surface area contributed by atoms with Crippen molar-refractivity contribution >= 4 is 11.4 Å². The van der Waals surface area contributed by atoms with Gasteiger partial charge in [-0.3, -0.25) is 0 Å². The zero-order valence-electron chi connectivity index (χ0n) is 12.9. The van der Waals surface area contributed by atoms with Crippen LogP contribution in [0.15, 0.2) is 31.0 Å². The molecule has 1 aromatic carbocycles. The molecule has 1 N–H and O–H groups in total. The van der Waals surface area contributed by atoms with E-state index in [1.165, 1.54) is 11.3 Å². The summed E-state index contributed by atoms with van der Waals surface area (Å²) in [5.74, 6) is 0. The summed E-state index contributed by atoms with van der Waals surface area (Å²) in [6.45, 7) is 9.16. The number of likely N-dealkylation sites (N-methyl/N-ethyl adjacent to an activating group) is 1. The van der Waals surface area contributed by atoms with E-state index in [-0.39, 0.29) is 0 Å². The van der Waals surface area contributed by atoms with Crippen LogP contribution in [0, 0.1) is 0 Å². The van der Waals surface area contributed by atoms with Crippen LogP contribution in [0.3, 0.4) is 0 Å². The Labute approximate surface area is 122 Å². The van der Waals surface area contributed by atoms with Crippen molar-refractivity contribution in [3.8, 4) is 0 Å². The number of hydrogen-bond donors (Lipinski definition) is 1. The van der Waals surface area contributed by atoms with Crippen molar-refractivity contribution in [3.05, 3.63) is 36.5 Å². The molecule has 0 radical (unpaired) electrons. The number of nitrogens with one attached hydrogen (secondary N) is 1. The summed E-state index contributed by atoms with van der Waals surface area (Å²) >= 11 is 0. The van der Waals surface area contributed by atoms with E-state index in [1.807, 2.05) is 0 Å². The molecule has 1 aliphatic rings. The van der Waals surface area contributed by atoms with Crippen molar-refractivity contribution in [2.75, 3.05) is 57.5 Å². The van der Waals surface area contributed by atoms with Crippen molar-refractivity contribution in [1.82, 2.24) is 9.80 Å². The standard InChI is InChI=1S/C16H26N4/c1-5-17-16-7-6-15(12-14(16)13-18(2)3)20-10-8-19(4)9-11-20/h5-7,12,17H,1,8-11,13H2,2-4H3. The van der Waals surface area contributed by atoms with E-state index in [0.717, 1.165) is 38.4 Å². The highest BCUT2D eigenvalue weighted by molar-refractivity contribution is 5.61. The van der Waals surface area contributed by atoms with Crippen molar-refractivity contribution in [2.45, 2.75) is 6.54 Å². The van der Waals surface area contributed by atoms with Gasteiger partial charge in [0.25, 0.3) is 0 Å². The van der Waals surface area contributed by atoms with E-state index < -0.39 is 0 Å². The normalized spacial score (nSPS) is 16.5. The zero-order chi connectivity index (χ0) is 14.5. The van der Waals surface area contributed by atoms with Crippen molar-refractivity contribution in [1.29, 1.82) is 0 Å². The third-order valence-corrected chi connectivity index (χ3v) is 3.70. The molecule has 1 saturated heterocycles. The molecule has 0 amide bonds. The maximum atomic E-state index is 3.76. The largest absolute Gasteiger partial charge is 0.369 e. The van der Waals surface area contributed by atoms with E-state index >= 15 is 0 Å². The summed E-state index contributed by atoms with van der Waals surface area (Å²) in [4.78, 5) is 7.04. The quantitative estimate of drug-likeness (QED) is 0.887. The lowest BCUT2D eigenvalue weighted by Gasteiger charge is -2.34. The number of benzene rings is 1. The van der Waals surface area contributed by atoms with Gasteiger partial charge in [0.15, 0.2) is 0 Å². The molecule has 2 rings (SSSR count). The first kappa shape index (κ1) is 14.9. The number of rotatable bonds is 5. The van der Waals surface area contributed by atoms with Crippen LogP contribution in [0.2, 0.25) is 0 Å². The summed E-state index contributed by atoms with van der Waals surface area (Å²) in [6, 6.07) is 6.67. The molecule has 1 fully saturated rings. The Morgan fingerprint density at radius 3 is 2.55 bits per heavy atom. The van der Waals surface area contributed by atoms with E-state index in [1.54, 1.807) is 6.20 Å².